The van der Waals surface area contributed by atoms with Crippen LogP contribution in [-0.4, -0.2) is 27.6 Å². The molecule has 1 aromatic heterocycles. The van der Waals surface area contributed by atoms with Crippen molar-refractivity contribution < 1.29 is 17.9 Å². The molecule has 4 rings (SSSR count). The number of anilines is 1. The van der Waals surface area contributed by atoms with Gasteiger partial charge in [0.25, 0.3) is 10.0 Å². The summed E-state index contributed by atoms with van der Waals surface area (Å²) in [7, 11) is -0.708. The zero-order valence-electron chi connectivity index (χ0n) is 15.3. The van der Waals surface area contributed by atoms with E-state index in [0.717, 1.165) is 30.2 Å². The molecule has 0 fully saturated rings. The van der Waals surface area contributed by atoms with Gasteiger partial charge in [-0.3, -0.25) is 4.72 Å². The van der Waals surface area contributed by atoms with Gasteiger partial charge in [-0.2, -0.15) is 0 Å². The standard InChI is InChI=1S/C20H22N2O4S/c1-25-13-7-9-19(20(11-13)26-2)22-27(23,24)14-8-10-18-16(12-14)15-5-3-4-6-17(15)21-18/h7-12,21-22H,3-6H2,1-2H3. The molecular formula is C20H22N2O4S. The van der Waals surface area contributed by atoms with Crippen LogP contribution >= 0.6 is 0 Å². The second-order valence-corrected chi connectivity index (χ2v) is 8.35. The molecule has 6 nitrogen and oxygen atoms in total. The first-order valence-corrected chi connectivity index (χ1v) is 10.4. The van der Waals surface area contributed by atoms with E-state index < -0.39 is 10.0 Å². The summed E-state index contributed by atoms with van der Waals surface area (Å²) in [6, 6.07) is 10.2. The van der Waals surface area contributed by atoms with Crippen LogP contribution < -0.4 is 14.2 Å². The lowest BCUT2D eigenvalue weighted by Gasteiger charge is -2.13. The van der Waals surface area contributed by atoms with Crippen LogP contribution in [0.5, 0.6) is 11.5 Å². The van der Waals surface area contributed by atoms with Gasteiger partial charge in [-0.1, -0.05) is 0 Å². The van der Waals surface area contributed by atoms with E-state index in [1.807, 2.05) is 6.07 Å². The lowest BCUT2D eigenvalue weighted by molar-refractivity contribution is 0.395. The largest absolute Gasteiger partial charge is 0.497 e. The van der Waals surface area contributed by atoms with Crippen molar-refractivity contribution in [1.29, 1.82) is 0 Å². The van der Waals surface area contributed by atoms with Crippen LogP contribution in [0.4, 0.5) is 5.69 Å². The maximum atomic E-state index is 12.9. The van der Waals surface area contributed by atoms with Gasteiger partial charge in [-0.25, -0.2) is 8.42 Å². The van der Waals surface area contributed by atoms with Crippen molar-refractivity contribution in [3.63, 3.8) is 0 Å². The molecule has 0 saturated carbocycles. The second kappa shape index (κ2) is 6.81. The van der Waals surface area contributed by atoms with E-state index in [2.05, 4.69) is 9.71 Å². The number of sulfonamides is 1. The van der Waals surface area contributed by atoms with Crippen LogP contribution in [0, 0.1) is 0 Å². The minimum absolute atomic E-state index is 0.236. The molecule has 7 heteroatoms. The first-order chi connectivity index (χ1) is 13.0. The first kappa shape index (κ1) is 17.7. The highest BCUT2D eigenvalue weighted by atomic mass is 32.2. The Kier molecular flexibility index (Phi) is 4.47. The average Bonchev–Trinajstić information content (AvgIpc) is 3.06. The summed E-state index contributed by atoms with van der Waals surface area (Å²) in [6.07, 6.45) is 4.31. The van der Waals surface area contributed by atoms with Crippen molar-refractivity contribution in [3.8, 4) is 11.5 Å². The molecule has 27 heavy (non-hydrogen) atoms. The average molecular weight is 386 g/mol. The Bertz CT molecular complexity index is 1100. The van der Waals surface area contributed by atoms with E-state index in [1.54, 1.807) is 37.4 Å². The molecule has 0 bridgehead atoms. The predicted octanol–water partition coefficient (Wildman–Crippen LogP) is 3.86. The lowest BCUT2D eigenvalue weighted by atomic mass is 9.96. The third-order valence-electron chi connectivity index (χ3n) is 5.03. The van der Waals surface area contributed by atoms with Gasteiger partial charge in [-0.15, -0.1) is 0 Å². The number of aromatic amines is 1. The monoisotopic (exact) mass is 386 g/mol. The maximum Gasteiger partial charge on any atom is 0.262 e. The number of hydrogen-bond donors (Lipinski definition) is 2. The number of aromatic nitrogens is 1. The molecule has 2 aromatic carbocycles. The van der Waals surface area contributed by atoms with Gasteiger partial charge in [0, 0.05) is 22.7 Å². The van der Waals surface area contributed by atoms with Gasteiger partial charge >= 0.3 is 0 Å². The van der Waals surface area contributed by atoms with Gasteiger partial charge < -0.3 is 14.5 Å². The fourth-order valence-electron chi connectivity index (χ4n) is 3.64. The quantitative estimate of drug-likeness (QED) is 0.698. The number of hydrogen-bond acceptors (Lipinski definition) is 4. The summed E-state index contributed by atoms with van der Waals surface area (Å²) >= 11 is 0. The lowest BCUT2D eigenvalue weighted by Crippen LogP contribution is -2.13. The van der Waals surface area contributed by atoms with Crippen LogP contribution in [0.25, 0.3) is 10.9 Å². The van der Waals surface area contributed by atoms with Crippen molar-refractivity contribution in [2.75, 3.05) is 18.9 Å². The summed E-state index contributed by atoms with van der Waals surface area (Å²) in [5, 5.41) is 0.995. The van der Waals surface area contributed by atoms with E-state index in [0.29, 0.717) is 17.2 Å². The van der Waals surface area contributed by atoms with Crippen molar-refractivity contribution in [3.05, 3.63) is 47.7 Å². The van der Waals surface area contributed by atoms with Crippen LogP contribution in [0.15, 0.2) is 41.3 Å². The number of H-pyrrole nitrogens is 1. The Hall–Kier alpha value is -2.67. The van der Waals surface area contributed by atoms with E-state index in [-0.39, 0.29) is 4.90 Å². The molecule has 0 radical (unpaired) electrons. The number of fused-ring (bicyclic) bond motifs is 3. The molecule has 1 heterocycles. The number of methoxy groups -OCH3 is 2. The maximum absolute atomic E-state index is 12.9. The van der Waals surface area contributed by atoms with Gasteiger partial charge in [0.2, 0.25) is 0 Å². The zero-order chi connectivity index (χ0) is 19.0. The van der Waals surface area contributed by atoms with Gasteiger partial charge in [0.1, 0.15) is 11.5 Å². The molecule has 1 aliphatic rings. The van der Waals surface area contributed by atoms with Crippen LogP contribution in [-0.2, 0) is 22.9 Å². The molecular weight excluding hydrogens is 364 g/mol. The number of rotatable bonds is 5. The molecule has 0 saturated heterocycles. The van der Waals surface area contributed by atoms with Crippen LogP contribution in [0.1, 0.15) is 24.1 Å². The summed E-state index contributed by atoms with van der Waals surface area (Å²) < 4.78 is 39.0. The van der Waals surface area contributed by atoms with Crippen molar-refractivity contribution >= 4 is 26.6 Å². The third kappa shape index (κ3) is 3.23. The molecule has 0 aliphatic heterocycles. The SMILES string of the molecule is COc1ccc(NS(=O)(=O)c2ccc3[nH]c4c(c3c2)CCCC4)c(OC)c1. The Balaban J connectivity index is 1.72. The summed E-state index contributed by atoms with van der Waals surface area (Å²) in [5.74, 6) is 0.994. The molecule has 2 N–H and O–H groups in total. The number of nitrogens with one attached hydrogen (secondary N) is 2. The topological polar surface area (TPSA) is 80.4 Å². The zero-order valence-corrected chi connectivity index (χ0v) is 16.2. The minimum Gasteiger partial charge on any atom is -0.497 e. The van der Waals surface area contributed by atoms with Crippen molar-refractivity contribution in [1.82, 2.24) is 4.98 Å². The van der Waals surface area contributed by atoms with E-state index in [9.17, 15) is 8.42 Å². The highest BCUT2D eigenvalue weighted by Crippen LogP contribution is 2.33. The van der Waals surface area contributed by atoms with Crippen LogP contribution in [0.2, 0.25) is 0 Å². The normalized spacial score (nSPS) is 14.0. The van der Waals surface area contributed by atoms with E-state index in [1.165, 1.54) is 24.8 Å². The molecule has 0 unspecified atom stereocenters. The number of aryl methyl sites for hydroxylation is 2. The molecule has 0 spiro atoms. The van der Waals surface area contributed by atoms with Gasteiger partial charge in [0.15, 0.2) is 0 Å². The minimum atomic E-state index is -3.75. The molecule has 1 aliphatic carbocycles. The number of benzene rings is 2. The highest BCUT2D eigenvalue weighted by molar-refractivity contribution is 7.92. The summed E-state index contributed by atoms with van der Waals surface area (Å²) in [6.45, 7) is 0. The fourth-order valence-corrected chi connectivity index (χ4v) is 4.73. The smallest absolute Gasteiger partial charge is 0.262 e. The fraction of sp³-hybridized carbons (Fsp3) is 0.300. The predicted molar refractivity (Wildman–Crippen MR) is 105 cm³/mol. The Morgan fingerprint density at radius 3 is 2.59 bits per heavy atom. The second-order valence-electron chi connectivity index (χ2n) is 6.67. The van der Waals surface area contributed by atoms with Gasteiger partial charge in [0.05, 0.1) is 24.8 Å². The Morgan fingerprint density at radius 1 is 1.00 bits per heavy atom. The van der Waals surface area contributed by atoms with Gasteiger partial charge in [-0.05, 0) is 61.6 Å². The van der Waals surface area contributed by atoms with Crippen LogP contribution in [0.3, 0.4) is 0 Å². The molecule has 3 aromatic rings. The number of ether oxygens (including phenoxy) is 2. The molecule has 0 atom stereocenters. The summed E-state index contributed by atoms with van der Waals surface area (Å²) in [5.41, 5.74) is 3.84. The molecule has 0 amide bonds. The Labute approximate surface area is 158 Å². The summed E-state index contributed by atoms with van der Waals surface area (Å²) in [4.78, 5) is 3.66. The van der Waals surface area contributed by atoms with Crippen molar-refractivity contribution in [2.24, 2.45) is 0 Å². The van der Waals surface area contributed by atoms with E-state index >= 15 is 0 Å². The van der Waals surface area contributed by atoms with E-state index in [4.69, 9.17) is 9.47 Å². The Morgan fingerprint density at radius 2 is 1.81 bits per heavy atom. The third-order valence-corrected chi connectivity index (χ3v) is 6.40. The molecule has 142 valence electrons. The highest BCUT2D eigenvalue weighted by Gasteiger charge is 2.21. The van der Waals surface area contributed by atoms with Crippen molar-refractivity contribution in [2.45, 2.75) is 30.6 Å². The first-order valence-electron chi connectivity index (χ1n) is 8.90.